The van der Waals surface area contributed by atoms with Gasteiger partial charge in [0.15, 0.2) is 5.52 Å². The van der Waals surface area contributed by atoms with Crippen LogP contribution < -0.4 is 28.5 Å². The summed E-state index contributed by atoms with van der Waals surface area (Å²) in [5, 5.41) is 11.8. The van der Waals surface area contributed by atoms with Gasteiger partial charge in [-0.3, -0.25) is 10.1 Å². The molecule has 0 bridgehead atoms. The van der Waals surface area contributed by atoms with Gasteiger partial charge in [-0.15, -0.1) is 0 Å². The first-order valence-electron chi connectivity index (χ1n) is 12.0. The monoisotopic (exact) mass is 610 g/mol. The Morgan fingerprint density at radius 1 is 0.684 bits per heavy atom. The fourth-order valence-electron chi connectivity index (χ4n) is 4.79. The molecule has 2 aromatic heterocycles. The highest BCUT2D eigenvalue weighted by molar-refractivity contribution is 5.86. The quantitative estimate of drug-likeness (QED) is 0.129. The first-order chi connectivity index (χ1) is 18.1. The zero-order chi connectivity index (χ0) is 25.4. The van der Waals surface area contributed by atoms with Gasteiger partial charge in [0.05, 0.1) is 12.0 Å². The topological polar surface area (TPSA) is 64.8 Å². The van der Waals surface area contributed by atoms with Crippen molar-refractivity contribution in [3.63, 3.8) is 0 Å². The van der Waals surface area contributed by atoms with Crippen LogP contribution in [0.3, 0.4) is 0 Å². The Hall–Kier alpha value is -4.37. The van der Waals surface area contributed by atoms with Gasteiger partial charge in [0.1, 0.15) is 11.4 Å². The first-order valence-corrected chi connectivity index (χ1v) is 12.0. The number of fused-ring (bicyclic) bond motifs is 1. The molecule has 0 atom stereocenters. The minimum absolute atomic E-state index is 0. The molecule has 0 aliphatic carbocycles. The summed E-state index contributed by atoms with van der Waals surface area (Å²) in [6.45, 7) is 0. The number of imidazole rings is 1. The third kappa shape index (κ3) is 4.45. The second-order valence-electron chi connectivity index (χ2n) is 8.82. The minimum Gasteiger partial charge on any atom is -1.00 e. The van der Waals surface area contributed by atoms with Crippen LogP contribution in [-0.2, 0) is 7.05 Å². The predicted octanol–water partition coefficient (Wildman–Crippen LogP) is 3.76. The molecule has 186 valence electrons. The van der Waals surface area contributed by atoms with E-state index in [0.717, 1.165) is 33.6 Å². The van der Waals surface area contributed by atoms with Crippen molar-refractivity contribution in [3.8, 4) is 39.6 Å². The Kier molecular flexibility index (Phi) is 7.02. The Morgan fingerprint density at radius 2 is 1.18 bits per heavy atom. The third-order valence-electron chi connectivity index (χ3n) is 6.58. The van der Waals surface area contributed by atoms with Crippen molar-refractivity contribution in [1.82, 2.24) is 9.55 Å². The number of benzene rings is 4. The lowest BCUT2D eigenvalue weighted by Gasteiger charge is -2.16. The van der Waals surface area contributed by atoms with Crippen LogP contribution in [0.2, 0.25) is 0 Å². The SMILES string of the molecule is Cn1c(-[n+]2c(-c3ccccc3)cc(-c3ccccc3)cc2-c2ccccc2)nc2c([N+](=O)[O-])cccc21.[I-]. The average Bonchev–Trinajstić information content (AvgIpc) is 3.29. The van der Waals surface area contributed by atoms with E-state index < -0.39 is 0 Å². The van der Waals surface area contributed by atoms with Gasteiger partial charge in [-0.1, -0.05) is 102 Å². The molecule has 0 saturated carbocycles. The normalized spacial score (nSPS) is 10.8. The zero-order valence-corrected chi connectivity index (χ0v) is 22.7. The molecule has 6 rings (SSSR count). The number of pyridine rings is 1. The summed E-state index contributed by atoms with van der Waals surface area (Å²) in [6, 6.07) is 40.0. The van der Waals surface area contributed by atoms with E-state index in [9.17, 15) is 10.1 Å². The largest absolute Gasteiger partial charge is 1.00 e. The Bertz CT molecular complexity index is 1690. The standard InChI is InChI=1S/C31H23N4O2.HI/c1-33-26-18-11-19-27(35(36)37)30(26)32-31(33)34-28(23-14-7-3-8-15-23)20-25(22-12-5-2-6-13-22)21-29(34)24-16-9-4-10-17-24;/h2-21H,1H3;1H/q+1;/p-1. The van der Waals surface area contributed by atoms with Gasteiger partial charge in [-0.05, 0) is 29.3 Å². The molecule has 0 saturated heterocycles. The Balaban J connectivity index is 0.00000294. The molecule has 38 heavy (non-hydrogen) atoms. The van der Waals surface area contributed by atoms with Crippen molar-refractivity contribution in [2.24, 2.45) is 7.05 Å². The fourth-order valence-corrected chi connectivity index (χ4v) is 4.79. The van der Waals surface area contributed by atoms with E-state index in [1.807, 2.05) is 72.3 Å². The highest BCUT2D eigenvalue weighted by Gasteiger charge is 2.30. The van der Waals surface area contributed by atoms with E-state index in [1.165, 1.54) is 6.07 Å². The summed E-state index contributed by atoms with van der Waals surface area (Å²) in [7, 11) is 1.90. The number of para-hydroxylation sites is 1. The van der Waals surface area contributed by atoms with Crippen LogP contribution in [0.25, 0.3) is 50.6 Å². The number of nitro benzene ring substituents is 1. The maximum Gasteiger partial charge on any atom is 0.405 e. The van der Waals surface area contributed by atoms with Gasteiger partial charge in [0.25, 0.3) is 5.52 Å². The number of nitrogens with zero attached hydrogens (tertiary/aromatic N) is 4. The summed E-state index contributed by atoms with van der Waals surface area (Å²) in [5.41, 5.74) is 7.11. The molecule has 7 heteroatoms. The van der Waals surface area contributed by atoms with Crippen LogP contribution in [-0.4, -0.2) is 14.5 Å². The number of hydrogen-bond donors (Lipinski definition) is 0. The van der Waals surface area contributed by atoms with Crippen LogP contribution in [0.15, 0.2) is 121 Å². The lowest BCUT2D eigenvalue weighted by Crippen LogP contribution is -3.00. The highest BCUT2D eigenvalue weighted by atomic mass is 127. The average molecular weight is 610 g/mol. The van der Waals surface area contributed by atoms with Gasteiger partial charge in [-0.25, -0.2) is 4.57 Å². The van der Waals surface area contributed by atoms with E-state index in [-0.39, 0.29) is 34.6 Å². The van der Waals surface area contributed by atoms with E-state index in [4.69, 9.17) is 4.98 Å². The molecule has 6 nitrogen and oxygen atoms in total. The molecule has 0 N–H and O–H groups in total. The molecule has 0 radical (unpaired) electrons. The van der Waals surface area contributed by atoms with E-state index >= 15 is 0 Å². The number of nitro groups is 1. The fraction of sp³-hybridized carbons (Fsp3) is 0.0323. The van der Waals surface area contributed by atoms with Gasteiger partial charge in [0.2, 0.25) is 0 Å². The molecule has 0 aliphatic rings. The number of aromatic nitrogens is 3. The van der Waals surface area contributed by atoms with Crippen molar-refractivity contribution in [2.75, 3.05) is 0 Å². The van der Waals surface area contributed by atoms with Crippen LogP contribution in [0.1, 0.15) is 0 Å². The maximum atomic E-state index is 11.8. The summed E-state index contributed by atoms with van der Waals surface area (Å²) >= 11 is 0. The van der Waals surface area contributed by atoms with E-state index in [1.54, 1.807) is 6.07 Å². The Morgan fingerprint density at radius 3 is 1.68 bits per heavy atom. The molecule has 0 spiro atoms. The molecule has 0 unspecified atom stereocenters. The lowest BCUT2D eigenvalue weighted by atomic mass is 9.99. The van der Waals surface area contributed by atoms with Gasteiger partial charge >= 0.3 is 11.6 Å². The number of non-ortho nitro benzene ring substituents is 1. The van der Waals surface area contributed by atoms with Gasteiger partial charge in [0, 0.05) is 17.2 Å². The summed E-state index contributed by atoms with van der Waals surface area (Å²) in [5.74, 6) is 0.599. The van der Waals surface area contributed by atoms with Crippen molar-refractivity contribution < 1.29 is 33.5 Å². The third-order valence-corrected chi connectivity index (χ3v) is 6.58. The first kappa shape index (κ1) is 25.3. The number of halogens is 1. The van der Waals surface area contributed by atoms with E-state index in [2.05, 4.69) is 53.1 Å². The highest BCUT2D eigenvalue weighted by Crippen LogP contribution is 2.32. The molecular formula is C31H23IN4O2. The molecular weight excluding hydrogens is 587 g/mol. The molecule has 0 amide bonds. The molecule has 0 aliphatic heterocycles. The van der Waals surface area contributed by atoms with Crippen LogP contribution in [0, 0.1) is 10.1 Å². The van der Waals surface area contributed by atoms with Crippen LogP contribution in [0.5, 0.6) is 0 Å². The Labute approximate surface area is 237 Å². The minimum atomic E-state index is -0.376. The van der Waals surface area contributed by atoms with Crippen molar-refractivity contribution in [3.05, 3.63) is 131 Å². The second kappa shape index (κ2) is 10.5. The van der Waals surface area contributed by atoms with Gasteiger partial charge < -0.3 is 24.0 Å². The molecule has 0 fully saturated rings. The lowest BCUT2D eigenvalue weighted by molar-refractivity contribution is -0.581. The van der Waals surface area contributed by atoms with Crippen LogP contribution >= 0.6 is 0 Å². The maximum absolute atomic E-state index is 11.8. The van der Waals surface area contributed by atoms with Crippen molar-refractivity contribution in [2.45, 2.75) is 0 Å². The summed E-state index contributed by atoms with van der Waals surface area (Å²) < 4.78 is 4.02. The molecule has 4 aromatic carbocycles. The predicted molar refractivity (Wildman–Crippen MR) is 145 cm³/mol. The van der Waals surface area contributed by atoms with Crippen molar-refractivity contribution >= 4 is 16.7 Å². The zero-order valence-electron chi connectivity index (χ0n) is 20.5. The summed E-state index contributed by atoms with van der Waals surface area (Å²) in [6.07, 6.45) is 0. The van der Waals surface area contributed by atoms with Crippen molar-refractivity contribution in [1.29, 1.82) is 0 Å². The van der Waals surface area contributed by atoms with E-state index in [0.29, 0.717) is 17.0 Å². The molecule has 2 heterocycles. The second-order valence-corrected chi connectivity index (χ2v) is 8.82. The smallest absolute Gasteiger partial charge is 0.405 e. The van der Waals surface area contributed by atoms with Crippen LogP contribution in [0.4, 0.5) is 5.69 Å². The number of aryl methyl sites for hydroxylation is 1. The molecule has 6 aromatic rings. The number of rotatable bonds is 5. The summed E-state index contributed by atoms with van der Waals surface area (Å²) in [4.78, 5) is 16.3. The van der Waals surface area contributed by atoms with Gasteiger partial charge in [-0.2, -0.15) is 4.57 Å². The number of hydrogen-bond acceptors (Lipinski definition) is 3.